The van der Waals surface area contributed by atoms with Crippen LogP contribution in [0.3, 0.4) is 0 Å². The van der Waals surface area contributed by atoms with E-state index in [9.17, 15) is 4.79 Å². The minimum Gasteiger partial charge on any atom is -0.465 e. The first-order valence-electron chi connectivity index (χ1n) is 4.92. The van der Waals surface area contributed by atoms with Crippen LogP contribution < -0.4 is 5.32 Å². The average molecular weight is 212 g/mol. The van der Waals surface area contributed by atoms with Crippen molar-refractivity contribution in [2.75, 3.05) is 13.2 Å². The Bertz CT molecular complexity index is 314. The number of hydrogen-bond donors (Lipinski definition) is 1. The fraction of sp³-hybridized carbons (Fsp3) is 0.600. The van der Waals surface area contributed by atoms with E-state index in [2.05, 4.69) is 10.3 Å². The summed E-state index contributed by atoms with van der Waals surface area (Å²) < 4.78 is 10.1. The Morgan fingerprint density at radius 2 is 2.27 bits per heavy atom. The van der Waals surface area contributed by atoms with E-state index in [4.69, 9.17) is 9.15 Å². The Morgan fingerprint density at radius 1 is 1.53 bits per heavy atom. The molecule has 0 aliphatic carbocycles. The number of ether oxygens (including phenoxy) is 1. The second kappa shape index (κ2) is 5.50. The predicted molar refractivity (Wildman–Crippen MR) is 54.3 cm³/mol. The summed E-state index contributed by atoms with van der Waals surface area (Å²) in [5, 5.41) is 2.90. The van der Waals surface area contributed by atoms with E-state index < -0.39 is 0 Å². The zero-order valence-electron chi connectivity index (χ0n) is 9.29. The number of nitrogens with zero attached hydrogens (tertiary/aromatic N) is 1. The van der Waals surface area contributed by atoms with Gasteiger partial charge in [-0.1, -0.05) is 0 Å². The molecule has 0 radical (unpaired) electrons. The molecule has 5 nitrogen and oxygen atoms in total. The summed E-state index contributed by atoms with van der Waals surface area (Å²) in [6.45, 7) is 6.53. The molecular formula is C10H16N2O3. The summed E-state index contributed by atoms with van der Waals surface area (Å²) in [7, 11) is 0. The van der Waals surface area contributed by atoms with Crippen molar-refractivity contribution in [3.8, 4) is 0 Å². The number of aryl methyl sites for hydroxylation is 2. The standard InChI is InChI=1S/C10H16N2O3/c1-4-14-10(13)6-11-5-9-12-7(2)8(3)15-9/h11H,4-6H2,1-3H3. The Balaban J connectivity index is 2.28. The summed E-state index contributed by atoms with van der Waals surface area (Å²) >= 11 is 0. The topological polar surface area (TPSA) is 64.4 Å². The van der Waals surface area contributed by atoms with Crippen LogP contribution in [0, 0.1) is 13.8 Å². The Kier molecular flexibility index (Phi) is 4.30. The average Bonchev–Trinajstić information content (AvgIpc) is 2.46. The van der Waals surface area contributed by atoms with Crippen molar-refractivity contribution in [3.63, 3.8) is 0 Å². The Morgan fingerprint density at radius 3 is 2.80 bits per heavy atom. The van der Waals surface area contributed by atoms with Crippen molar-refractivity contribution in [3.05, 3.63) is 17.3 Å². The number of rotatable bonds is 5. The largest absolute Gasteiger partial charge is 0.465 e. The number of aromatic nitrogens is 1. The molecule has 0 saturated heterocycles. The molecule has 0 aliphatic heterocycles. The highest BCUT2D eigenvalue weighted by Crippen LogP contribution is 2.07. The smallest absolute Gasteiger partial charge is 0.319 e. The predicted octanol–water partition coefficient (Wildman–Crippen LogP) is 0.944. The van der Waals surface area contributed by atoms with Crippen LogP contribution in [0.15, 0.2) is 4.42 Å². The molecule has 15 heavy (non-hydrogen) atoms. The maximum Gasteiger partial charge on any atom is 0.319 e. The molecule has 5 heteroatoms. The molecular weight excluding hydrogens is 196 g/mol. The molecule has 84 valence electrons. The Hall–Kier alpha value is -1.36. The highest BCUT2D eigenvalue weighted by molar-refractivity contribution is 5.71. The van der Waals surface area contributed by atoms with Gasteiger partial charge in [-0.25, -0.2) is 4.98 Å². The van der Waals surface area contributed by atoms with Crippen molar-refractivity contribution >= 4 is 5.97 Å². The highest BCUT2D eigenvalue weighted by atomic mass is 16.5. The third kappa shape index (κ3) is 3.71. The molecule has 0 amide bonds. The van der Waals surface area contributed by atoms with Crippen LogP contribution >= 0.6 is 0 Å². The lowest BCUT2D eigenvalue weighted by Gasteiger charge is -2.01. The molecule has 0 unspecified atom stereocenters. The van der Waals surface area contributed by atoms with E-state index in [-0.39, 0.29) is 12.5 Å². The SMILES string of the molecule is CCOC(=O)CNCc1nc(C)c(C)o1. The van der Waals surface area contributed by atoms with E-state index in [0.717, 1.165) is 11.5 Å². The number of esters is 1. The van der Waals surface area contributed by atoms with Gasteiger partial charge in [-0.15, -0.1) is 0 Å². The van der Waals surface area contributed by atoms with Gasteiger partial charge in [0.05, 0.1) is 25.4 Å². The molecule has 0 atom stereocenters. The lowest BCUT2D eigenvalue weighted by atomic mass is 10.4. The quantitative estimate of drug-likeness (QED) is 0.736. The van der Waals surface area contributed by atoms with E-state index in [1.54, 1.807) is 6.92 Å². The third-order valence-electron chi connectivity index (χ3n) is 1.92. The van der Waals surface area contributed by atoms with Crippen LogP contribution in [0.1, 0.15) is 24.3 Å². The summed E-state index contributed by atoms with van der Waals surface area (Å²) in [5.74, 6) is 1.13. The van der Waals surface area contributed by atoms with Gasteiger partial charge < -0.3 is 9.15 Å². The van der Waals surface area contributed by atoms with Gasteiger partial charge in [-0.2, -0.15) is 0 Å². The summed E-state index contributed by atoms with van der Waals surface area (Å²) in [4.78, 5) is 15.1. The zero-order valence-corrected chi connectivity index (χ0v) is 9.29. The molecule has 1 N–H and O–H groups in total. The number of oxazole rings is 1. The highest BCUT2D eigenvalue weighted by Gasteiger charge is 2.06. The van der Waals surface area contributed by atoms with Crippen molar-refractivity contribution in [2.45, 2.75) is 27.3 Å². The minimum atomic E-state index is -0.266. The lowest BCUT2D eigenvalue weighted by molar-refractivity contribution is -0.142. The third-order valence-corrected chi connectivity index (χ3v) is 1.92. The number of nitrogens with one attached hydrogen (secondary N) is 1. The molecule has 0 saturated carbocycles. The lowest BCUT2D eigenvalue weighted by Crippen LogP contribution is -2.24. The fourth-order valence-corrected chi connectivity index (χ4v) is 1.10. The van der Waals surface area contributed by atoms with Crippen molar-refractivity contribution < 1.29 is 13.9 Å². The number of carbonyl (C=O) groups excluding carboxylic acids is 1. The zero-order chi connectivity index (χ0) is 11.3. The van der Waals surface area contributed by atoms with Gasteiger partial charge in [0, 0.05) is 0 Å². The van der Waals surface area contributed by atoms with E-state index >= 15 is 0 Å². The van der Waals surface area contributed by atoms with Gasteiger partial charge in [0.2, 0.25) is 5.89 Å². The number of carbonyl (C=O) groups is 1. The van der Waals surface area contributed by atoms with Crippen LogP contribution in [0.5, 0.6) is 0 Å². The van der Waals surface area contributed by atoms with Gasteiger partial charge in [-0.3, -0.25) is 10.1 Å². The van der Waals surface area contributed by atoms with Gasteiger partial charge >= 0.3 is 5.97 Å². The molecule has 0 aliphatic rings. The first-order chi connectivity index (χ1) is 7.13. The van der Waals surface area contributed by atoms with Crippen LogP contribution in [-0.4, -0.2) is 24.1 Å². The van der Waals surface area contributed by atoms with Gasteiger partial charge in [0.25, 0.3) is 0 Å². The van der Waals surface area contributed by atoms with Crippen LogP contribution in [0.4, 0.5) is 0 Å². The molecule has 1 heterocycles. The second-order valence-electron chi connectivity index (χ2n) is 3.16. The summed E-state index contributed by atoms with van der Waals surface area (Å²) in [6, 6.07) is 0. The molecule has 0 fully saturated rings. The minimum absolute atomic E-state index is 0.175. The van der Waals surface area contributed by atoms with E-state index in [1.807, 2.05) is 13.8 Å². The Labute approximate surface area is 88.8 Å². The second-order valence-corrected chi connectivity index (χ2v) is 3.16. The van der Waals surface area contributed by atoms with Gasteiger partial charge in [0.15, 0.2) is 0 Å². The first kappa shape index (κ1) is 11.7. The van der Waals surface area contributed by atoms with Gasteiger partial charge in [-0.05, 0) is 20.8 Å². The van der Waals surface area contributed by atoms with E-state index in [1.165, 1.54) is 0 Å². The normalized spacial score (nSPS) is 10.3. The molecule has 1 aromatic heterocycles. The summed E-state index contributed by atoms with van der Waals surface area (Å²) in [5.41, 5.74) is 0.878. The molecule has 1 rings (SSSR count). The van der Waals surface area contributed by atoms with E-state index in [0.29, 0.717) is 19.0 Å². The molecule has 0 aromatic carbocycles. The fourth-order valence-electron chi connectivity index (χ4n) is 1.10. The van der Waals surface area contributed by atoms with Crippen LogP contribution in [0.25, 0.3) is 0 Å². The number of hydrogen-bond acceptors (Lipinski definition) is 5. The molecule has 0 spiro atoms. The van der Waals surface area contributed by atoms with Gasteiger partial charge in [0.1, 0.15) is 5.76 Å². The maximum absolute atomic E-state index is 11.0. The van der Waals surface area contributed by atoms with Crippen LogP contribution in [-0.2, 0) is 16.1 Å². The van der Waals surface area contributed by atoms with Crippen molar-refractivity contribution in [2.24, 2.45) is 0 Å². The van der Waals surface area contributed by atoms with Crippen molar-refractivity contribution in [1.82, 2.24) is 10.3 Å². The first-order valence-corrected chi connectivity index (χ1v) is 4.92. The van der Waals surface area contributed by atoms with Crippen molar-refractivity contribution in [1.29, 1.82) is 0 Å². The molecule has 1 aromatic rings. The monoisotopic (exact) mass is 212 g/mol. The van der Waals surface area contributed by atoms with Crippen LogP contribution in [0.2, 0.25) is 0 Å². The maximum atomic E-state index is 11.0. The summed E-state index contributed by atoms with van der Waals surface area (Å²) in [6.07, 6.45) is 0. The molecule has 0 bridgehead atoms.